The maximum absolute atomic E-state index is 13.1. The minimum absolute atomic E-state index is 0.191. The van der Waals surface area contributed by atoms with E-state index in [1.54, 1.807) is 35.6 Å². The van der Waals surface area contributed by atoms with Crippen molar-refractivity contribution in [1.29, 1.82) is 0 Å². The highest BCUT2D eigenvalue weighted by atomic mass is 19.1. The van der Waals surface area contributed by atoms with Crippen molar-refractivity contribution < 1.29 is 9.18 Å². The first-order valence-electron chi connectivity index (χ1n) is 9.41. The van der Waals surface area contributed by atoms with Crippen LogP contribution in [0.3, 0.4) is 0 Å². The van der Waals surface area contributed by atoms with Crippen molar-refractivity contribution in [3.8, 4) is 11.8 Å². The number of carbonyl (C=O) groups is 1. The normalized spacial score (nSPS) is 13.2. The molecule has 1 aromatic carbocycles. The van der Waals surface area contributed by atoms with Crippen LogP contribution in [-0.2, 0) is 6.42 Å². The smallest absolute Gasteiger partial charge is 0.322 e. The Labute approximate surface area is 173 Å². The van der Waals surface area contributed by atoms with E-state index in [-0.39, 0.29) is 23.8 Å². The fourth-order valence-electron chi connectivity index (χ4n) is 3.17. The average Bonchev–Trinajstić information content (AvgIpc) is 3.17. The zero-order chi connectivity index (χ0) is 21.1. The first-order valence-corrected chi connectivity index (χ1v) is 9.41. The molecular weight excluding hydrogens is 383 g/mol. The van der Waals surface area contributed by atoms with Crippen LogP contribution in [0.1, 0.15) is 35.3 Å². The Morgan fingerprint density at radius 1 is 1.13 bits per heavy atom. The molecular formula is C22H19FN6O. The van der Waals surface area contributed by atoms with Gasteiger partial charge in [-0.3, -0.25) is 9.88 Å². The summed E-state index contributed by atoms with van der Waals surface area (Å²) in [6.45, 7) is 2.39. The summed E-state index contributed by atoms with van der Waals surface area (Å²) < 4.78 is 13.1. The topological polar surface area (TPSA) is 97.0 Å². The Morgan fingerprint density at radius 2 is 1.80 bits per heavy atom. The van der Waals surface area contributed by atoms with Gasteiger partial charge in [0.05, 0.1) is 23.0 Å². The number of pyridine rings is 1. The lowest BCUT2D eigenvalue weighted by molar-refractivity contribution is 0.244. The van der Waals surface area contributed by atoms with Crippen molar-refractivity contribution in [3.63, 3.8) is 0 Å². The molecule has 7 nitrogen and oxygen atoms in total. The van der Waals surface area contributed by atoms with Gasteiger partial charge in [0.2, 0.25) is 5.95 Å². The molecule has 0 spiro atoms. The third kappa shape index (κ3) is 4.20. The number of nitrogens with zero attached hydrogens (tertiary/aromatic N) is 4. The maximum atomic E-state index is 13.1. The van der Waals surface area contributed by atoms with Crippen LogP contribution in [0.4, 0.5) is 20.8 Å². The molecule has 2 amide bonds. The summed E-state index contributed by atoms with van der Waals surface area (Å²) in [5.41, 5.74) is 9.20. The molecule has 0 saturated heterocycles. The number of nitrogen functional groups attached to an aromatic ring is 1. The molecule has 150 valence electrons. The predicted octanol–water partition coefficient (Wildman–Crippen LogP) is 2.83. The zero-order valence-corrected chi connectivity index (χ0v) is 16.3. The summed E-state index contributed by atoms with van der Waals surface area (Å²) in [6, 6.07) is 7.44. The number of nitrogens with two attached hydrogens (primary N) is 1. The average molecular weight is 402 g/mol. The second-order valence-corrected chi connectivity index (χ2v) is 6.89. The molecule has 2 aromatic heterocycles. The lowest BCUT2D eigenvalue weighted by Crippen LogP contribution is -2.40. The molecule has 4 rings (SSSR count). The summed E-state index contributed by atoms with van der Waals surface area (Å²) >= 11 is 0. The largest absolute Gasteiger partial charge is 0.368 e. The molecule has 1 aliphatic heterocycles. The molecule has 1 atom stereocenters. The molecule has 3 heterocycles. The fraction of sp³-hybridized carbons (Fsp3) is 0.182. The number of hydrogen-bond acceptors (Lipinski definition) is 5. The molecule has 0 unspecified atom stereocenters. The van der Waals surface area contributed by atoms with Crippen molar-refractivity contribution in [3.05, 3.63) is 77.1 Å². The molecule has 0 aliphatic carbocycles. The van der Waals surface area contributed by atoms with Crippen LogP contribution in [-0.4, -0.2) is 27.5 Å². The van der Waals surface area contributed by atoms with Gasteiger partial charge in [0, 0.05) is 37.1 Å². The Morgan fingerprint density at radius 3 is 2.53 bits per heavy atom. The van der Waals surface area contributed by atoms with Crippen LogP contribution in [0.2, 0.25) is 0 Å². The minimum Gasteiger partial charge on any atom is -0.368 e. The molecule has 0 fully saturated rings. The van der Waals surface area contributed by atoms with Crippen LogP contribution in [0.25, 0.3) is 0 Å². The molecule has 30 heavy (non-hydrogen) atoms. The maximum Gasteiger partial charge on any atom is 0.322 e. The highest BCUT2D eigenvalue weighted by Gasteiger charge is 2.27. The van der Waals surface area contributed by atoms with Crippen molar-refractivity contribution >= 4 is 17.7 Å². The number of nitrogens with one attached hydrogen (secondary N) is 1. The quantitative estimate of drug-likeness (QED) is 0.643. The standard InChI is InChI=1S/C22H19FN6O/c1-14(17-4-6-18(23)7-5-17)28-22(30)29-9-8-19-20(29)10-15(11-25-19)2-3-16-12-26-21(24)27-13-16/h4-7,10-14H,8-9H2,1H3,(H,28,30)(H2,24,26,27)/t14-/m0/s1. The van der Waals surface area contributed by atoms with Crippen LogP contribution in [0.15, 0.2) is 48.9 Å². The van der Waals surface area contributed by atoms with Crippen LogP contribution in [0.5, 0.6) is 0 Å². The number of hydrogen-bond donors (Lipinski definition) is 2. The lowest BCUT2D eigenvalue weighted by Gasteiger charge is -2.21. The van der Waals surface area contributed by atoms with Gasteiger partial charge in [0.1, 0.15) is 5.82 Å². The van der Waals surface area contributed by atoms with Crippen molar-refractivity contribution in [2.75, 3.05) is 17.2 Å². The highest BCUT2D eigenvalue weighted by Crippen LogP contribution is 2.27. The third-order valence-electron chi connectivity index (χ3n) is 4.79. The number of rotatable bonds is 2. The lowest BCUT2D eigenvalue weighted by atomic mass is 10.1. The van der Waals surface area contributed by atoms with Gasteiger partial charge in [-0.2, -0.15) is 0 Å². The molecule has 0 radical (unpaired) electrons. The SMILES string of the molecule is C[C@H](NC(=O)N1CCc2ncc(C#Cc3cnc(N)nc3)cc21)c1ccc(F)cc1. The Balaban J connectivity index is 1.50. The van der Waals surface area contributed by atoms with E-state index in [1.807, 2.05) is 13.0 Å². The van der Waals surface area contributed by atoms with Gasteiger partial charge < -0.3 is 11.1 Å². The Kier molecular flexibility index (Phi) is 5.26. The van der Waals surface area contributed by atoms with E-state index in [4.69, 9.17) is 5.73 Å². The van der Waals surface area contributed by atoms with E-state index in [2.05, 4.69) is 32.1 Å². The first-order chi connectivity index (χ1) is 14.5. The summed E-state index contributed by atoms with van der Waals surface area (Å²) in [5, 5.41) is 2.95. The number of benzene rings is 1. The van der Waals surface area contributed by atoms with E-state index < -0.39 is 0 Å². The number of fused-ring (bicyclic) bond motifs is 1. The van der Waals surface area contributed by atoms with Crippen LogP contribution in [0, 0.1) is 17.7 Å². The summed E-state index contributed by atoms with van der Waals surface area (Å²) in [4.78, 5) is 26.7. The van der Waals surface area contributed by atoms with Crippen LogP contribution >= 0.6 is 0 Å². The predicted molar refractivity (Wildman–Crippen MR) is 111 cm³/mol. The monoisotopic (exact) mass is 402 g/mol. The zero-order valence-electron chi connectivity index (χ0n) is 16.3. The Bertz CT molecular complexity index is 1140. The number of carbonyl (C=O) groups excluding carboxylic acids is 1. The second-order valence-electron chi connectivity index (χ2n) is 6.89. The molecule has 1 aliphatic rings. The van der Waals surface area contributed by atoms with Gasteiger partial charge in [0.15, 0.2) is 0 Å². The van der Waals surface area contributed by atoms with Gasteiger partial charge in [-0.1, -0.05) is 24.0 Å². The van der Waals surface area contributed by atoms with Gasteiger partial charge >= 0.3 is 6.03 Å². The summed E-state index contributed by atoms with van der Waals surface area (Å²) in [7, 11) is 0. The first kappa shape index (κ1) is 19.3. The van der Waals surface area contributed by atoms with E-state index >= 15 is 0 Å². The number of amides is 2. The number of anilines is 2. The van der Waals surface area contributed by atoms with Gasteiger partial charge in [-0.05, 0) is 30.7 Å². The number of aromatic nitrogens is 3. The van der Waals surface area contributed by atoms with E-state index in [0.29, 0.717) is 24.1 Å². The minimum atomic E-state index is -0.309. The van der Waals surface area contributed by atoms with E-state index in [0.717, 1.165) is 16.9 Å². The summed E-state index contributed by atoms with van der Waals surface area (Å²) in [6.07, 6.45) is 5.46. The third-order valence-corrected chi connectivity index (χ3v) is 4.79. The van der Waals surface area contributed by atoms with Crippen molar-refractivity contribution in [2.24, 2.45) is 0 Å². The van der Waals surface area contributed by atoms with Crippen LogP contribution < -0.4 is 16.0 Å². The second kappa shape index (κ2) is 8.17. The van der Waals surface area contributed by atoms with Crippen molar-refractivity contribution in [1.82, 2.24) is 20.3 Å². The van der Waals surface area contributed by atoms with Crippen molar-refractivity contribution in [2.45, 2.75) is 19.4 Å². The Hall–Kier alpha value is -3.99. The van der Waals surface area contributed by atoms with Gasteiger partial charge in [-0.25, -0.2) is 19.2 Å². The number of urea groups is 1. The van der Waals surface area contributed by atoms with Gasteiger partial charge in [0.25, 0.3) is 0 Å². The van der Waals surface area contributed by atoms with E-state index in [1.165, 1.54) is 12.1 Å². The molecule has 0 bridgehead atoms. The highest BCUT2D eigenvalue weighted by molar-refractivity contribution is 5.94. The molecule has 3 N–H and O–H groups in total. The van der Waals surface area contributed by atoms with E-state index in [9.17, 15) is 9.18 Å². The summed E-state index contributed by atoms with van der Waals surface area (Å²) in [5.74, 6) is 5.86. The molecule has 8 heteroatoms. The molecule has 3 aromatic rings. The molecule has 0 saturated carbocycles. The fourth-order valence-corrected chi connectivity index (χ4v) is 3.17. The number of halogens is 1. The van der Waals surface area contributed by atoms with Gasteiger partial charge in [-0.15, -0.1) is 0 Å².